The molecule has 106 valence electrons. The summed E-state index contributed by atoms with van der Waals surface area (Å²) in [6.45, 7) is 2.61. The number of aryl methyl sites for hydroxylation is 1. The number of hydrogen-bond donors (Lipinski definition) is 1. The normalized spacial score (nSPS) is 10.5. The summed E-state index contributed by atoms with van der Waals surface area (Å²) >= 11 is 0. The van der Waals surface area contributed by atoms with Gasteiger partial charge in [-0.15, -0.1) is 0 Å². The molecule has 0 saturated heterocycles. The van der Waals surface area contributed by atoms with Gasteiger partial charge in [-0.05, 0) is 31.2 Å². The Kier molecular flexibility index (Phi) is 3.51. The number of hydrogen-bond acceptors (Lipinski definition) is 4. The first-order valence-corrected chi connectivity index (χ1v) is 6.61. The predicted molar refractivity (Wildman–Crippen MR) is 77.8 cm³/mol. The van der Waals surface area contributed by atoms with Gasteiger partial charge in [-0.2, -0.15) is 5.10 Å². The molecule has 0 aliphatic rings. The van der Waals surface area contributed by atoms with E-state index in [1.807, 2.05) is 13.0 Å². The largest absolute Gasteiger partial charge is 0.463 e. The van der Waals surface area contributed by atoms with Crippen LogP contribution < -0.4 is 5.32 Å². The van der Waals surface area contributed by atoms with Crippen molar-refractivity contribution in [3.05, 3.63) is 54.7 Å². The van der Waals surface area contributed by atoms with Gasteiger partial charge < -0.3 is 9.73 Å². The number of aromatic nitrogens is 3. The molecule has 6 heteroatoms. The molecule has 0 saturated carbocycles. The first-order chi connectivity index (χ1) is 10.3. The third kappa shape index (κ3) is 2.69. The molecule has 6 nitrogen and oxygen atoms in total. The molecule has 0 unspecified atom stereocenters. The molecule has 0 radical (unpaired) electrons. The van der Waals surface area contributed by atoms with Gasteiger partial charge >= 0.3 is 0 Å². The summed E-state index contributed by atoms with van der Waals surface area (Å²) in [7, 11) is 0. The van der Waals surface area contributed by atoms with Crippen LogP contribution in [0.1, 0.15) is 17.4 Å². The van der Waals surface area contributed by atoms with Crippen LogP contribution in [0, 0.1) is 0 Å². The van der Waals surface area contributed by atoms with Gasteiger partial charge in [0.15, 0.2) is 11.5 Å². The second-order valence-corrected chi connectivity index (χ2v) is 4.40. The van der Waals surface area contributed by atoms with Crippen molar-refractivity contribution in [3.63, 3.8) is 0 Å². The maximum atomic E-state index is 12.2. The Morgan fingerprint density at radius 1 is 1.33 bits per heavy atom. The highest BCUT2D eigenvalue weighted by molar-refractivity contribution is 6.03. The second-order valence-electron chi connectivity index (χ2n) is 4.40. The van der Waals surface area contributed by atoms with Crippen LogP contribution >= 0.6 is 0 Å². The summed E-state index contributed by atoms with van der Waals surface area (Å²) < 4.78 is 7.11. The Balaban J connectivity index is 1.87. The number of pyridine rings is 1. The number of furan rings is 1. The maximum absolute atomic E-state index is 12.2. The molecular formula is C15H14N4O2. The lowest BCUT2D eigenvalue weighted by molar-refractivity contribution is 0.102. The maximum Gasteiger partial charge on any atom is 0.276 e. The standard InChI is InChI=1S/C15H14N4O2/c1-2-19-13(14-4-3-9-21-14)10-12(18-19)15(20)17-11-5-7-16-8-6-11/h3-10H,2H2,1H3,(H,16,17,20). The van der Waals surface area contributed by atoms with E-state index in [1.54, 1.807) is 47.6 Å². The van der Waals surface area contributed by atoms with Crippen molar-refractivity contribution in [2.24, 2.45) is 0 Å². The Morgan fingerprint density at radius 2 is 2.14 bits per heavy atom. The van der Waals surface area contributed by atoms with Crippen LogP contribution in [0.3, 0.4) is 0 Å². The van der Waals surface area contributed by atoms with E-state index in [0.29, 0.717) is 23.7 Å². The molecule has 0 aliphatic heterocycles. The first-order valence-electron chi connectivity index (χ1n) is 6.61. The number of carbonyl (C=O) groups is 1. The Morgan fingerprint density at radius 3 is 2.81 bits per heavy atom. The van der Waals surface area contributed by atoms with Crippen LogP contribution in [0.5, 0.6) is 0 Å². The fourth-order valence-corrected chi connectivity index (χ4v) is 2.02. The molecule has 0 fully saturated rings. The summed E-state index contributed by atoms with van der Waals surface area (Å²) in [5.74, 6) is 0.425. The molecular weight excluding hydrogens is 268 g/mol. The molecule has 3 rings (SSSR count). The minimum atomic E-state index is -0.263. The highest BCUT2D eigenvalue weighted by Crippen LogP contribution is 2.21. The third-order valence-electron chi connectivity index (χ3n) is 3.02. The van der Waals surface area contributed by atoms with Crippen molar-refractivity contribution in [3.8, 4) is 11.5 Å². The van der Waals surface area contributed by atoms with Crippen molar-refractivity contribution in [2.75, 3.05) is 5.32 Å². The van der Waals surface area contributed by atoms with Crippen LogP contribution in [-0.4, -0.2) is 20.7 Å². The smallest absolute Gasteiger partial charge is 0.276 e. The van der Waals surface area contributed by atoms with Crippen molar-refractivity contribution >= 4 is 11.6 Å². The fourth-order valence-electron chi connectivity index (χ4n) is 2.02. The van der Waals surface area contributed by atoms with Gasteiger partial charge in [-0.1, -0.05) is 0 Å². The van der Waals surface area contributed by atoms with E-state index in [4.69, 9.17) is 4.42 Å². The average Bonchev–Trinajstić information content (AvgIpc) is 3.17. The molecule has 1 amide bonds. The molecule has 3 aromatic rings. The molecule has 0 bridgehead atoms. The van der Waals surface area contributed by atoms with Crippen LogP contribution in [-0.2, 0) is 6.54 Å². The first kappa shape index (κ1) is 13.1. The monoisotopic (exact) mass is 282 g/mol. The predicted octanol–water partition coefficient (Wildman–Crippen LogP) is 2.81. The number of nitrogens with one attached hydrogen (secondary N) is 1. The van der Waals surface area contributed by atoms with Gasteiger partial charge in [0.05, 0.1) is 6.26 Å². The lowest BCUT2D eigenvalue weighted by Crippen LogP contribution is -2.13. The molecule has 3 aromatic heterocycles. The fraction of sp³-hybridized carbons (Fsp3) is 0.133. The number of nitrogens with zero attached hydrogens (tertiary/aromatic N) is 3. The van der Waals surface area contributed by atoms with E-state index in [9.17, 15) is 4.79 Å². The minimum absolute atomic E-state index is 0.263. The van der Waals surface area contributed by atoms with Gasteiger partial charge in [0.2, 0.25) is 0 Å². The van der Waals surface area contributed by atoms with E-state index < -0.39 is 0 Å². The van der Waals surface area contributed by atoms with Crippen LogP contribution in [0.15, 0.2) is 53.4 Å². The molecule has 0 atom stereocenters. The van der Waals surface area contributed by atoms with Gasteiger partial charge in [0.1, 0.15) is 5.69 Å². The van der Waals surface area contributed by atoms with Crippen molar-refractivity contribution in [1.29, 1.82) is 0 Å². The Bertz CT molecular complexity index is 732. The average molecular weight is 282 g/mol. The molecule has 0 aliphatic carbocycles. The summed E-state index contributed by atoms with van der Waals surface area (Å²) in [5, 5.41) is 7.09. The zero-order valence-corrected chi connectivity index (χ0v) is 11.5. The second kappa shape index (κ2) is 5.62. The lowest BCUT2D eigenvalue weighted by Gasteiger charge is -2.01. The van der Waals surface area contributed by atoms with Crippen molar-refractivity contribution < 1.29 is 9.21 Å². The summed E-state index contributed by atoms with van der Waals surface area (Å²) in [4.78, 5) is 16.1. The minimum Gasteiger partial charge on any atom is -0.463 e. The van der Waals surface area contributed by atoms with Gasteiger partial charge in [-0.25, -0.2) is 0 Å². The Hall–Kier alpha value is -2.89. The summed E-state index contributed by atoms with van der Waals surface area (Å²) in [6.07, 6.45) is 4.84. The molecule has 0 spiro atoms. The van der Waals surface area contributed by atoms with Crippen LogP contribution in [0.4, 0.5) is 5.69 Å². The SMILES string of the molecule is CCn1nc(C(=O)Nc2ccncc2)cc1-c1ccco1. The number of rotatable bonds is 4. The summed E-state index contributed by atoms with van der Waals surface area (Å²) in [6, 6.07) is 8.82. The zero-order chi connectivity index (χ0) is 14.7. The molecule has 0 aromatic carbocycles. The van der Waals surface area contributed by atoms with E-state index in [1.165, 1.54) is 0 Å². The van der Waals surface area contributed by atoms with E-state index in [2.05, 4.69) is 15.4 Å². The van der Waals surface area contributed by atoms with Crippen LogP contribution in [0.25, 0.3) is 11.5 Å². The van der Waals surface area contributed by atoms with E-state index in [0.717, 1.165) is 5.69 Å². The topological polar surface area (TPSA) is 73.0 Å². The van der Waals surface area contributed by atoms with E-state index in [-0.39, 0.29) is 5.91 Å². The van der Waals surface area contributed by atoms with E-state index >= 15 is 0 Å². The molecule has 3 heterocycles. The number of amides is 1. The van der Waals surface area contributed by atoms with Gasteiger partial charge in [0, 0.05) is 30.7 Å². The highest BCUT2D eigenvalue weighted by atomic mass is 16.3. The lowest BCUT2D eigenvalue weighted by atomic mass is 10.3. The quantitative estimate of drug-likeness (QED) is 0.798. The van der Waals surface area contributed by atoms with Crippen molar-refractivity contribution in [1.82, 2.24) is 14.8 Å². The third-order valence-corrected chi connectivity index (χ3v) is 3.02. The highest BCUT2D eigenvalue weighted by Gasteiger charge is 2.16. The molecule has 1 N–H and O–H groups in total. The van der Waals surface area contributed by atoms with Crippen molar-refractivity contribution in [2.45, 2.75) is 13.5 Å². The number of carbonyl (C=O) groups excluding carboxylic acids is 1. The molecule has 21 heavy (non-hydrogen) atoms. The Labute approximate surface area is 121 Å². The zero-order valence-electron chi connectivity index (χ0n) is 11.5. The summed E-state index contributed by atoms with van der Waals surface area (Å²) in [5.41, 5.74) is 1.81. The number of anilines is 1. The van der Waals surface area contributed by atoms with Crippen LogP contribution in [0.2, 0.25) is 0 Å². The van der Waals surface area contributed by atoms with Gasteiger partial charge in [-0.3, -0.25) is 14.5 Å². The van der Waals surface area contributed by atoms with Gasteiger partial charge in [0.25, 0.3) is 5.91 Å².